The Balaban J connectivity index is 1.78. The van der Waals surface area contributed by atoms with E-state index in [9.17, 15) is 4.79 Å². The van der Waals surface area contributed by atoms with Crippen molar-refractivity contribution < 1.29 is 4.79 Å². The number of carbonyl (C=O) groups excluding carboxylic acids is 1. The van der Waals surface area contributed by atoms with Crippen LogP contribution in [0.3, 0.4) is 0 Å². The fraction of sp³-hybridized carbons (Fsp3) is 0.643. The van der Waals surface area contributed by atoms with E-state index in [4.69, 9.17) is 0 Å². The van der Waals surface area contributed by atoms with Crippen molar-refractivity contribution >= 4 is 5.91 Å². The van der Waals surface area contributed by atoms with Crippen molar-refractivity contribution in [2.75, 3.05) is 18.5 Å². The lowest BCUT2D eigenvalue weighted by Crippen LogP contribution is -2.31. The minimum absolute atomic E-state index is 0.114. The highest BCUT2D eigenvalue weighted by atomic mass is 16.2. The summed E-state index contributed by atoms with van der Waals surface area (Å²) in [6.07, 6.45) is 4.09. The minimum Gasteiger partial charge on any atom is -0.316 e. The monoisotopic (exact) mass is 249 g/mol. The molecule has 0 aromatic carbocycles. The lowest BCUT2D eigenvalue weighted by molar-refractivity contribution is -0.117. The first-order valence-corrected chi connectivity index (χ1v) is 6.82. The average Bonchev–Trinajstić information content (AvgIpc) is 2.69. The van der Waals surface area contributed by atoms with E-state index in [1.165, 1.54) is 12.8 Å². The third kappa shape index (κ3) is 3.35. The third-order valence-corrected chi connectivity index (χ3v) is 3.69. The van der Waals surface area contributed by atoms with Crippen molar-refractivity contribution in [2.45, 2.75) is 39.5 Å². The predicted molar refractivity (Wildman–Crippen MR) is 73.1 cm³/mol. The number of hydrogen-bond acceptors (Lipinski definition) is 2. The van der Waals surface area contributed by atoms with Crippen molar-refractivity contribution in [3.63, 3.8) is 0 Å². The summed E-state index contributed by atoms with van der Waals surface area (Å²) in [6.45, 7) is 6.19. The highest BCUT2D eigenvalue weighted by molar-refractivity contribution is 5.83. The van der Waals surface area contributed by atoms with Crippen molar-refractivity contribution in [3.8, 4) is 0 Å². The van der Waals surface area contributed by atoms with Crippen molar-refractivity contribution in [1.82, 2.24) is 9.99 Å². The normalized spacial score (nSPS) is 19.8. The minimum atomic E-state index is 0.114. The standard InChI is InChI=1S/C14H23N3O/c1-11-5-6-12(2)17(11)16-14(18)8-7-13-4-3-9-15-10-13/h5-6,13,15H,3-4,7-10H2,1-2H3,(H,16,18). The number of nitrogens with one attached hydrogen (secondary N) is 2. The predicted octanol–water partition coefficient (Wildman–Crippen LogP) is 1.95. The molecule has 1 fully saturated rings. The molecule has 0 aliphatic carbocycles. The number of amides is 1. The van der Waals surface area contributed by atoms with E-state index in [1.807, 2.05) is 30.7 Å². The summed E-state index contributed by atoms with van der Waals surface area (Å²) in [7, 11) is 0. The highest BCUT2D eigenvalue weighted by Crippen LogP contribution is 2.16. The zero-order valence-electron chi connectivity index (χ0n) is 11.3. The zero-order chi connectivity index (χ0) is 13.0. The number of aromatic nitrogens is 1. The van der Waals surface area contributed by atoms with Crippen LogP contribution in [0.15, 0.2) is 12.1 Å². The van der Waals surface area contributed by atoms with Gasteiger partial charge in [-0.1, -0.05) is 0 Å². The van der Waals surface area contributed by atoms with E-state index in [2.05, 4.69) is 10.7 Å². The van der Waals surface area contributed by atoms with Crippen LogP contribution < -0.4 is 10.7 Å². The van der Waals surface area contributed by atoms with Gasteiger partial charge in [-0.05, 0) is 64.3 Å². The summed E-state index contributed by atoms with van der Waals surface area (Å²) in [5, 5.41) is 3.39. The van der Waals surface area contributed by atoms with Crippen molar-refractivity contribution in [1.29, 1.82) is 0 Å². The van der Waals surface area contributed by atoms with Gasteiger partial charge in [0.2, 0.25) is 5.91 Å². The van der Waals surface area contributed by atoms with Gasteiger partial charge in [0.05, 0.1) is 0 Å². The smallest absolute Gasteiger partial charge is 0.238 e. The summed E-state index contributed by atoms with van der Waals surface area (Å²) in [5.41, 5.74) is 5.09. The molecule has 1 saturated heterocycles. The van der Waals surface area contributed by atoms with Gasteiger partial charge in [0, 0.05) is 17.8 Å². The molecular weight excluding hydrogens is 226 g/mol. The maximum Gasteiger partial charge on any atom is 0.238 e. The van der Waals surface area contributed by atoms with Gasteiger partial charge in [-0.25, -0.2) is 0 Å². The van der Waals surface area contributed by atoms with Crippen LogP contribution in [0.1, 0.15) is 37.1 Å². The Hall–Kier alpha value is -1.29. The number of nitrogens with zero attached hydrogens (tertiary/aromatic N) is 1. The van der Waals surface area contributed by atoms with Crippen LogP contribution in [0.4, 0.5) is 0 Å². The summed E-state index contributed by atoms with van der Waals surface area (Å²) >= 11 is 0. The zero-order valence-corrected chi connectivity index (χ0v) is 11.3. The van der Waals surface area contributed by atoms with Gasteiger partial charge < -0.3 is 5.32 Å². The molecule has 1 aliphatic rings. The molecule has 1 unspecified atom stereocenters. The van der Waals surface area contributed by atoms with Crippen LogP contribution in [0.25, 0.3) is 0 Å². The second kappa shape index (κ2) is 6.05. The molecule has 2 rings (SSSR count). The fourth-order valence-corrected chi connectivity index (χ4v) is 2.53. The summed E-state index contributed by atoms with van der Waals surface area (Å²) < 4.78 is 1.86. The molecule has 4 nitrogen and oxygen atoms in total. The van der Waals surface area contributed by atoms with Crippen LogP contribution >= 0.6 is 0 Å². The van der Waals surface area contributed by atoms with Crippen LogP contribution in [0, 0.1) is 19.8 Å². The van der Waals surface area contributed by atoms with E-state index in [1.54, 1.807) is 0 Å². The molecule has 1 aliphatic heterocycles. The van der Waals surface area contributed by atoms with Crippen LogP contribution in [0.5, 0.6) is 0 Å². The number of rotatable bonds is 4. The summed E-state index contributed by atoms with van der Waals surface area (Å²) in [6, 6.07) is 4.03. The molecule has 4 heteroatoms. The molecule has 2 heterocycles. The van der Waals surface area contributed by atoms with E-state index in [0.717, 1.165) is 30.9 Å². The van der Waals surface area contributed by atoms with Crippen LogP contribution in [0.2, 0.25) is 0 Å². The largest absolute Gasteiger partial charge is 0.316 e. The Morgan fingerprint density at radius 2 is 2.17 bits per heavy atom. The van der Waals surface area contributed by atoms with E-state index in [-0.39, 0.29) is 5.91 Å². The molecule has 2 N–H and O–H groups in total. The summed E-state index contributed by atoms with van der Waals surface area (Å²) in [5.74, 6) is 0.777. The summed E-state index contributed by atoms with van der Waals surface area (Å²) in [4.78, 5) is 11.9. The first-order chi connectivity index (χ1) is 8.66. The van der Waals surface area contributed by atoms with Gasteiger partial charge in [0.1, 0.15) is 0 Å². The molecule has 1 atom stereocenters. The van der Waals surface area contributed by atoms with E-state index in [0.29, 0.717) is 12.3 Å². The first-order valence-electron chi connectivity index (χ1n) is 6.82. The Bertz CT molecular complexity index is 386. The first kappa shape index (κ1) is 13.1. The molecule has 0 bridgehead atoms. The maximum atomic E-state index is 11.9. The SMILES string of the molecule is Cc1ccc(C)n1NC(=O)CCC1CCCNC1. The number of hydrogen-bond donors (Lipinski definition) is 2. The average molecular weight is 249 g/mol. The second-order valence-corrected chi connectivity index (χ2v) is 5.24. The van der Waals surface area contributed by atoms with Gasteiger partial charge in [-0.3, -0.25) is 14.9 Å². The third-order valence-electron chi connectivity index (χ3n) is 3.69. The topological polar surface area (TPSA) is 46.1 Å². The Morgan fingerprint density at radius 3 is 2.78 bits per heavy atom. The Kier molecular flexibility index (Phi) is 4.42. The van der Waals surface area contributed by atoms with Gasteiger partial charge in [-0.15, -0.1) is 0 Å². The lowest BCUT2D eigenvalue weighted by atomic mass is 9.95. The highest BCUT2D eigenvalue weighted by Gasteiger charge is 2.14. The van der Waals surface area contributed by atoms with Gasteiger partial charge in [0.15, 0.2) is 0 Å². The second-order valence-electron chi connectivity index (χ2n) is 5.24. The molecule has 100 valence electrons. The molecule has 1 aromatic rings. The molecule has 1 amide bonds. The van der Waals surface area contributed by atoms with Crippen LogP contribution in [-0.4, -0.2) is 23.7 Å². The molecular formula is C14H23N3O. The fourth-order valence-electron chi connectivity index (χ4n) is 2.53. The Labute approximate surface area is 109 Å². The molecule has 18 heavy (non-hydrogen) atoms. The molecule has 0 radical (unpaired) electrons. The Morgan fingerprint density at radius 1 is 1.44 bits per heavy atom. The van der Waals surface area contributed by atoms with E-state index < -0.39 is 0 Å². The number of carbonyl (C=O) groups is 1. The quantitative estimate of drug-likeness (QED) is 0.857. The van der Waals surface area contributed by atoms with Crippen molar-refractivity contribution in [3.05, 3.63) is 23.5 Å². The lowest BCUT2D eigenvalue weighted by Gasteiger charge is -2.22. The number of piperidine rings is 1. The van der Waals surface area contributed by atoms with Gasteiger partial charge >= 0.3 is 0 Å². The van der Waals surface area contributed by atoms with Gasteiger partial charge in [-0.2, -0.15) is 0 Å². The van der Waals surface area contributed by atoms with Crippen molar-refractivity contribution in [2.24, 2.45) is 5.92 Å². The van der Waals surface area contributed by atoms with Crippen LogP contribution in [-0.2, 0) is 4.79 Å². The maximum absolute atomic E-state index is 11.9. The molecule has 0 saturated carbocycles. The van der Waals surface area contributed by atoms with E-state index >= 15 is 0 Å². The molecule has 0 spiro atoms. The number of aryl methyl sites for hydroxylation is 2. The van der Waals surface area contributed by atoms with Gasteiger partial charge in [0.25, 0.3) is 0 Å². The molecule has 1 aromatic heterocycles.